The third-order valence-corrected chi connectivity index (χ3v) is 3.43. The van der Waals surface area contributed by atoms with Crippen molar-refractivity contribution >= 4 is 11.7 Å². The Morgan fingerprint density at radius 2 is 1.86 bits per heavy atom. The van der Waals surface area contributed by atoms with Gasteiger partial charge in [-0.2, -0.15) is 0 Å². The second-order valence-electron chi connectivity index (χ2n) is 4.80. The summed E-state index contributed by atoms with van der Waals surface area (Å²) in [6, 6.07) is 11.5. The zero-order chi connectivity index (χ0) is 15.0. The van der Waals surface area contributed by atoms with Gasteiger partial charge in [0.15, 0.2) is 11.8 Å². The predicted octanol–water partition coefficient (Wildman–Crippen LogP) is 3.37. The van der Waals surface area contributed by atoms with E-state index < -0.39 is 5.97 Å². The van der Waals surface area contributed by atoms with Crippen LogP contribution < -0.4 is 0 Å². The molecule has 2 aromatic rings. The molecule has 1 aliphatic heterocycles. The van der Waals surface area contributed by atoms with Gasteiger partial charge in [0.2, 0.25) is 0 Å². The second-order valence-corrected chi connectivity index (χ2v) is 4.80. The molecule has 0 radical (unpaired) electrons. The molecule has 21 heavy (non-hydrogen) atoms. The lowest BCUT2D eigenvalue weighted by Gasteiger charge is -2.21. The lowest BCUT2D eigenvalue weighted by molar-refractivity contribution is -0.129. The minimum atomic E-state index is -1.13. The highest BCUT2D eigenvalue weighted by molar-refractivity contribution is 6.43. The van der Waals surface area contributed by atoms with Gasteiger partial charge in [-0.05, 0) is 36.2 Å². The molecule has 1 atom stereocenters. The summed E-state index contributed by atoms with van der Waals surface area (Å²) in [5.74, 6) is -1.42. The third-order valence-electron chi connectivity index (χ3n) is 3.43. The van der Waals surface area contributed by atoms with Crippen LogP contribution in [0, 0.1) is 5.82 Å². The first-order chi connectivity index (χ1) is 10.1. The summed E-state index contributed by atoms with van der Waals surface area (Å²) in [5.41, 5.74) is 2.92. The van der Waals surface area contributed by atoms with Gasteiger partial charge < -0.3 is 9.94 Å². The van der Waals surface area contributed by atoms with Crippen LogP contribution in [0.15, 0.2) is 47.6 Å². The highest BCUT2D eigenvalue weighted by Crippen LogP contribution is 2.31. The zero-order valence-electron chi connectivity index (χ0n) is 11.2. The summed E-state index contributed by atoms with van der Waals surface area (Å²) >= 11 is 0. The molecular weight excluding hydrogens is 273 g/mol. The van der Waals surface area contributed by atoms with Gasteiger partial charge in [0.25, 0.3) is 0 Å². The number of oxime groups is 1. The van der Waals surface area contributed by atoms with Crippen molar-refractivity contribution in [2.45, 2.75) is 13.0 Å². The van der Waals surface area contributed by atoms with Crippen LogP contribution in [0.4, 0.5) is 4.39 Å². The zero-order valence-corrected chi connectivity index (χ0v) is 11.2. The summed E-state index contributed by atoms with van der Waals surface area (Å²) in [4.78, 5) is 16.3. The van der Waals surface area contributed by atoms with E-state index in [1.165, 1.54) is 12.1 Å². The van der Waals surface area contributed by atoms with Crippen LogP contribution in [0.2, 0.25) is 0 Å². The van der Waals surface area contributed by atoms with Crippen molar-refractivity contribution in [3.63, 3.8) is 0 Å². The van der Waals surface area contributed by atoms with E-state index in [9.17, 15) is 9.18 Å². The molecular formula is C16H12FNO3. The lowest BCUT2D eigenvalue weighted by atomic mass is 9.93. The number of benzene rings is 2. The van der Waals surface area contributed by atoms with Gasteiger partial charge >= 0.3 is 5.97 Å². The Morgan fingerprint density at radius 1 is 1.19 bits per heavy atom. The number of halogens is 1. The molecule has 1 unspecified atom stereocenters. The first kappa shape index (κ1) is 13.3. The Morgan fingerprint density at radius 3 is 2.52 bits per heavy atom. The Bertz CT molecular complexity index is 738. The smallest absolute Gasteiger partial charge is 0.358 e. The van der Waals surface area contributed by atoms with E-state index in [4.69, 9.17) is 9.94 Å². The quantitative estimate of drug-likeness (QED) is 0.920. The monoisotopic (exact) mass is 285 g/mol. The largest absolute Gasteiger partial charge is 0.476 e. The summed E-state index contributed by atoms with van der Waals surface area (Å²) in [6.45, 7) is 1.80. The first-order valence-electron chi connectivity index (χ1n) is 6.43. The van der Waals surface area contributed by atoms with Crippen LogP contribution in [0.3, 0.4) is 0 Å². The molecule has 0 bridgehead atoms. The van der Waals surface area contributed by atoms with Crippen molar-refractivity contribution in [1.82, 2.24) is 0 Å². The fourth-order valence-electron chi connectivity index (χ4n) is 2.33. The van der Waals surface area contributed by atoms with Crippen LogP contribution >= 0.6 is 0 Å². The van der Waals surface area contributed by atoms with Crippen molar-refractivity contribution in [1.29, 1.82) is 0 Å². The Labute approximate surface area is 120 Å². The van der Waals surface area contributed by atoms with E-state index in [0.29, 0.717) is 5.56 Å². The van der Waals surface area contributed by atoms with Gasteiger partial charge in [0, 0.05) is 11.1 Å². The number of aliphatic carboxylic acids is 1. The molecule has 0 saturated heterocycles. The van der Waals surface area contributed by atoms with Crippen LogP contribution in [0.25, 0.3) is 11.1 Å². The summed E-state index contributed by atoms with van der Waals surface area (Å²) in [5, 5.41) is 12.8. The number of carboxylic acid groups (broad SMARTS) is 1. The van der Waals surface area contributed by atoms with E-state index in [1.54, 1.807) is 31.2 Å². The van der Waals surface area contributed by atoms with E-state index in [2.05, 4.69) is 5.16 Å². The molecule has 0 aliphatic carbocycles. The number of rotatable bonds is 2. The van der Waals surface area contributed by atoms with Gasteiger partial charge in [0.1, 0.15) is 5.82 Å². The number of carboxylic acids is 1. The molecule has 1 heterocycles. The van der Waals surface area contributed by atoms with Crippen LogP contribution in [0.5, 0.6) is 0 Å². The molecule has 1 N–H and O–H groups in total. The molecule has 0 saturated carbocycles. The molecule has 0 aromatic heterocycles. The summed E-state index contributed by atoms with van der Waals surface area (Å²) in [6.07, 6.45) is -0.330. The lowest BCUT2D eigenvalue weighted by Crippen LogP contribution is -2.22. The summed E-state index contributed by atoms with van der Waals surface area (Å²) < 4.78 is 13.0. The SMILES string of the molecule is CC1ON=C(C(=O)O)c2ccc(-c3ccc(F)cc3)cc21. The average molecular weight is 285 g/mol. The maximum Gasteiger partial charge on any atom is 0.358 e. The molecule has 5 heteroatoms. The second kappa shape index (κ2) is 5.01. The van der Waals surface area contributed by atoms with Crippen molar-refractivity contribution < 1.29 is 19.1 Å². The fourth-order valence-corrected chi connectivity index (χ4v) is 2.33. The molecule has 0 fully saturated rings. The van der Waals surface area contributed by atoms with E-state index in [-0.39, 0.29) is 17.6 Å². The van der Waals surface area contributed by atoms with Crippen molar-refractivity contribution in [3.8, 4) is 11.1 Å². The molecule has 106 valence electrons. The third kappa shape index (κ3) is 2.38. The topological polar surface area (TPSA) is 58.9 Å². The Kier molecular flexibility index (Phi) is 3.17. The van der Waals surface area contributed by atoms with Crippen LogP contribution in [-0.4, -0.2) is 16.8 Å². The molecule has 3 rings (SSSR count). The van der Waals surface area contributed by atoms with E-state index in [0.717, 1.165) is 16.7 Å². The molecule has 0 amide bonds. The maximum absolute atomic E-state index is 13.0. The molecule has 4 nitrogen and oxygen atoms in total. The van der Waals surface area contributed by atoms with Crippen molar-refractivity contribution in [2.75, 3.05) is 0 Å². The predicted molar refractivity (Wildman–Crippen MR) is 75.5 cm³/mol. The Balaban J connectivity index is 2.09. The number of carbonyl (C=O) groups is 1. The standard InChI is InChI=1S/C16H12FNO3/c1-9-14-8-11(10-2-5-12(17)6-3-10)4-7-13(14)15(16(19)20)18-21-9/h2-9H,1H3,(H,19,20). The van der Waals surface area contributed by atoms with E-state index >= 15 is 0 Å². The number of nitrogens with zero attached hydrogens (tertiary/aromatic N) is 1. The van der Waals surface area contributed by atoms with Gasteiger partial charge in [-0.3, -0.25) is 0 Å². The van der Waals surface area contributed by atoms with Gasteiger partial charge in [-0.15, -0.1) is 0 Å². The van der Waals surface area contributed by atoms with E-state index in [1.807, 2.05) is 6.07 Å². The highest BCUT2D eigenvalue weighted by atomic mass is 19.1. The fraction of sp³-hybridized carbons (Fsp3) is 0.125. The number of hydrogen-bond acceptors (Lipinski definition) is 3. The average Bonchev–Trinajstić information content (AvgIpc) is 2.48. The Hall–Kier alpha value is -2.69. The molecule has 0 spiro atoms. The van der Waals surface area contributed by atoms with Gasteiger partial charge in [-0.25, -0.2) is 9.18 Å². The van der Waals surface area contributed by atoms with Crippen molar-refractivity contribution in [2.24, 2.45) is 5.16 Å². The summed E-state index contributed by atoms with van der Waals surface area (Å²) in [7, 11) is 0. The maximum atomic E-state index is 13.0. The molecule has 2 aromatic carbocycles. The van der Waals surface area contributed by atoms with Crippen LogP contribution in [0.1, 0.15) is 24.2 Å². The first-order valence-corrected chi connectivity index (χ1v) is 6.43. The minimum Gasteiger partial charge on any atom is -0.476 e. The highest BCUT2D eigenvalue weighted by Gasteiger charge is 2.26. The van der Waals surface area contributed by atoms with Gasteiger partial charge in [0.05, 0.1) is 0 Å². The minimum absolute atomic E-state index is 0.103. The van der Waals surface area contributed by atoms with Crippen molar-refractivity contribution in [3.05, 3.63) is 59.4 Å². The number of fused-ring (bicyclic) bond motifs is 1. The number of hydrogen-bond donors (Lipinski definition) is 1. The van der Waals surface area contributed by atoms with Gasteiger partial charge in [-0.1, -0.05) is 29.4 Å². The normalized spacial score (nSPS) is 16.7. The molecule has 1 aliphatic rings. The van der Waals surface area contributed by atoms with Crippen LogP contribution in [-0.2, 0) is 9.63 Å².